The molecule has 1 aliphatic carbocycles. The normalized spacial score (nSPS) is 16.2. The van der Waals surface area contributed by atoms with E-state index >= 15 is 0 Å². The second-order valence-electron chi connectivity index (χ2n) is 9.13. The van der Waals surface area contributed by atoms with Gasteiger partial charge in [0.15, 0.2) is 22.9 Å². The summed E-state index contributed by atoms with van der Waals surface area (Å²) in [5.41, 5.74) is 5.36. The molecule has 0 amide bonds. The summed E-state index contributed by atoms with van der Waals surface area (Å²) in [5.74, 6) is 0.449. The molecule has 0 saturated carbocycles. The van der Waals surface area contributed by atoms with E-state index < -0.39 is 5.97 Å². The highest BCUT2D eigenvalue weighted by Gasteiger charge is 2.33. The number of aryl methyl sites for hydroxylation is 1. The first-order chi connectivity index (χ1) is 19.1. The lowest BCUT2D eigenvalue weighted by Crippen LogP contribution is -2.38. The van der Waals surface area contributed by atoms with E-state index in [4.69, 9.17) is 14.5 Å². The Labute approximate surface area is 232 Å². The number of allylic oxidation sites excluding steroid dienone is 1. The molecule has 39 heavy (non-hydrogen) atoms. The lowest BCUT2D eigenvalue weighted by molar-refractivity contribution is -0.142. The van der Waals surface area contributed by atoms with Crippen molar-refractivity contribution < 1.29 is 19.0 Å². The zero-order valence-electron chi connectivity index (χ0n) is 21.5. The van der Waals surface area contributed by atoms with Crippen LogP contribution in [-0.2, 0) is 16.0 Å². The van der Waals surface area contributed by atoms with Crippen LogP contribution < -0.4 is 24.4 Å². The van der Waals surface area contributed by atoms with Crippen molar-refractivity contribution in [2.45, 2.75) is 25.8 Å². The SMILES string of the molecule is CCOc1cc(/C=c2\sc3n(c2=O)[C@H](c2cccs2)C2=C(N=3)c3ccccc3CC2)ccc1OCC(=O)OC. The molecule has 0 N–H and O–H groups in total. The van der Waals surface area contributed by atoms with Crippen LogP contribution in [0.4, 0.5) is 0 Å². The number of rotatable bonds is 7. The molecule has 1 aliphatic heterocycles. The van der Waals surface area contributed by atoms with Gasteiger partial charge in [-0.3, -0.25) is 9.36 Å². The number of nitrogens with zero attached hydrogens (tertiary/aromatic N) is 2. The van der Waals surface area contributed by atoms with Gasteiger partial charge < -0.3 is 14.2 Å². The van der Waals surface area contributed by atoms with Crippen LogP contribution in [0.15, 0.2) is 75.3 Å². The lowest BCUT2D eigenvalue weighted by atomic mass is 9.85. The van der Waals surface area contributed by atoms with Gasteiger partial charge in [-0.25, -0.2) is 9.79 Å². The third kappa shape index (κ3) is 4.72. The summed E-state index contributed by atoms with van der Waals surface area (Å²) in [6, 6.07) is 17.8. The minimum Gasteiger partial charge on any atom is -0.490 e. The maximum absolute atomic E-state index is 13.9. The van der Waals surface area contributed by atoms with E-state index in [1.807, 2.05) is 41.8 Å². The van der Waals surface area contributed by atoms with Gasteiger partial charge in [-0.15, -0.1) is 11.3 Å². The molecule has 0 spiro atoms. The maximum Gasteiger partial charge on any atom is 0.343 e. The van der Waals surface area contributed by atoms with Gasteiger partial charge in [0.25, 0.3) is 5.56 Å². The fourth-order valence-electron chi connectivity index (χ4n) is 5.07. The van der Waals surface area contributed by atoms with Crippen molar-refractivity contribution in [1.29, 1.82) is 0 Å². The molecular weight excluding hydrogens is 532 g/mol. The molecule has 0 bridgehead atoms. The minimum atomic E-state index is -0.478. The Balaban J connectivity index is 1.46. The molecule has 0 radical (unpaired) electrons. The molecule has 3 heterocycles. The topological polar surface area (TPSA) is 79.1 Å². The smallest absolute Gasteiger partial charge is 0.343 e. The molecule has 2 aliphatic rings. The van der Waals surface area contributed by atoms with Gasteiger partial charge in [0, 0.05) is 10.4 Å². The van der Waals surface area contributed by atoms with Gasteiger partial charge >= 0.3 is 5.97 Å². The second-order valence-corrected chi connectivity index (χ2v) is 11.1. The zero-order valence-corrected chi connectivity index (χ0v) is 23.1. The summed E-state index contributed by atoms with van der Waals surface area (Å²) in [7, 11) is 1.31. The number of fused-ring (bicyclic) bond motifs is 3. The van der Waals surface area contributed by atoms with Crippen LogP contribution in [0.1, 0.15) is 41.0 Å². The van der Waals surface area contributed by atoms with Gasteiger partial charge in [-0.2, -0.15) is 0 Å². The highest BCUT2D eigenvalue weighted by Crippen LogP contribution is 2.42. The van der Waals surface area contributed by atoms with Crippen molar-refractivity contribution in [2.75, 3.05) is 20.3 Å². The fraction of sp³-hybridized carbons (Fsp3) is 0.233. The largest absolute Gasteiger partial charge is 0.490 e. The summed E-state index contributed by atoms with van der Waals surface area (Å²) in [6.45, 7) is 2.08. The van der Waals surface area contributed by atoms with Gasteiger partial charge in [-0.1, -0.05) is 47.7 Å². The van der Waals surface area contributed by atoms with Gasteiger partial charge in [0.1, 0.15) is 0 Å². The highest BCUT2D eigenvalue weighted by atomic mass is 32.1. The maximum atomic E-state index is 13.9. The Hall–Kier alpha value is -3.95. The molecule has 0 unspecified atom stereocenters. The molecule has 0 saturated heterocycles. The Morgan fingerprint density at radius 1 is 1.10 bits per heavy atom. The van der Waals surface area contributed by atoms with Crippen LogP contribution in [0.2, 0.25) is 0 Å². The van der Waals surface area contributed by atoms with E-state index in [0.29, 0.717) is 27.4 Å². The number of ether oxygens (including phenoxy) is 3. The molecule has 4 aromatic rings. The third-order valence-electron chi connectivity index (χ3n) is 6.82. The summed E-state index contributed by atoms with van der Waals surface area (Å²) in [6.07, 6.45) is 3.66. The molecule has 7 nitrogen and oxygen atoms in total. The van der Waals surface area contributed by atoms with Crippen LogP contribution in [0, 0.1) is 0 Å². The van der Waals surface area contributed by atoms with Crippen LogP contribution in [-0.4, -0.2) is 30.9 Å². The number of thiophene rings is 1. The van der Waals surface area contributed by atoms with Crippen molar-refractivity contribution in [3.05, 3.63) is 107 Å². The first-order valence-electron chi connectivity index (χ1n) is 12.7. The monoisotopic (exact) mass is 558 g/mol. The number of carbonyl (C=O) groups excluding carboxylic acids is 1. The van der Waals surface area contributed by atoms with Crippen LogP contribution in [0.5, 0.6) is 11.5 Å². The van der Waals surface area contributed by atoms with Crippen molar-refractivity contribution in [2.24, 2.45) is 4.99 Å². The van der Waals surface area contributed by atoms with E-state index in [9.17, 15) is 9.59 Å². The van der Waals surface area contributed by atoms with Crippen molar-refractivity contribution in [3.8, 4) is 11.5 Å². The Morgan fingerprint density at radius 2 is 1.97 bits per heavy atom. The first kappa shape index (κ1) is 25.3. The predicted molar refractivity (Wildman–Crippen MR) is 152 cm³/mol. The van der Waals surface area contributed by atoms with Crippen LogP contribution >= 0.6 is 22.7 Å². The molecule has 2 aromatic carbocycles. The molecule has 0 fully saturated rings. The standard InChI is InChI=1S/C30H26N2O5S2/c1-3-36-23-15-18(10-13-22(23)37-17-26(33)35-2)16-25-29(34)32-28(24-9-6-14-38-24)21-12-11-19-7-4-5-8-20(19)27(21)31-30(32)39-25/h4-10,13-16,28H,3,11-12,17H2,1-2H3/b25-16-/t28-/m0/s1. The average Bonchev–Trinajstić information content (AvgIpc) is 3.60. The number of carbonyl (C=O) groups is 1. The van der Waals surface area contributed by atoms with Crippen molar-refractivity contribution in [1.82, 2.24) is 4.57 Å². The lowest BCUT2D eigenvalue weighted by Gasteiger charge is -2.30. The molecule has 198 valence electrons. The van der Waals surface area contributed by atoms with Crippen molar-refractivity contribution in [3.63, 3.8) is 0 Å². The number of methoxy groups -OCH3 is 1. The van der Waals surface area contributed by atoms with Gasteiger partial charge in [-0.05, 0) is 66.1 Å². The Bertz CT molecular complexity index is 1770. The molecule has 9 heteroatoms. The van der Waals surface area contributed by atoms with E-state index in [-0.39, 0.29) is 18.2 Å². The third-order valence-corrected chi connectivity index (χ3v) is 8.73. The Morgan fingerprint density at radius 3 is 2.77 bits per heavy atom. The molecular formula is C30H26N2O5S2. The number of hydrogen-bond donors (Lipinski definition) is 0. The summed E-state index contributed by atoms with van der Waals surface area (Å²) >= 11 is 3.06. The fourth-order valence-corrected chi connectivity index (χ4v) is 6.92. The van der Waals surface area contributed by atoms with Gasteiger partial charge in [0.05, 0.1) is 30.0 Å². The number of esters is 1. The summed E-state index contributed by atoms with van der Waals surface area (Å²) < 4.78 is 18.4. The minimum absolute atomic E-state index is 0.0634. The van der Waals surface area contributed by atoms with Gasteiger partial charge in [0.2, 0.25) is 0 Å². The molecule has 1 atom stereocenters. The highest BCUT2D eigenvalue weighted by molar-refractivity contribution is 7.10. The molecule has 2 aromatic heterocycles. The van der Waals surface area contributed by atoms with E-state index in [0.717, 1.165) is 34.5 Å². The first-order valence-corrected chi connectivity index (χ1v) is 14.4. The van der Waals surface area contributed by atoms with Crippen molar-refractivity contribution >= 4 is 40.4 Å². The quantitative estimate of drug-likeness (QED) is 0.316. The number of hydrogen-bond acceptors (Lipinski definition) is 8. The number of aromatic nitrogens is 1. The molecule has 6 rings (SSSR count). The van der Waals surface area contributed by atoms with Crippen LogP contribution in [0.3, 0.4) is 0 Å². The summed E-state index contributed by atoms with van der Waals surface area (Å²) in [4.78, 5) is 32.3. The van der Waals surface area contributed by atoms with E-state index in [2.05, 4.69) is 34.4 Å². The average molecular weight is 559 g/mol. The number of thiazole rings is 1. The van der Waals surface area contributed by atoms with E-state index in [1.54, 1.807) is 17.4 Å². The second kappa shape index (κ2) is 10.7. The van der Waals surface area contributed by atoms with Crippen LogP contribution in [0.25, 0.3) is 11.8 Å². The predicted octanol–water partition coefficient (Wildman–Crippen LogP) is 4.33. The Kier molecular flexibility index (Phi) is 6.93. The number of benzene rings is 2. The van der Waals surface area contributed by atoms with E-state index in [1.165, 1.54) is 29.6 Å². The summed E-state index contributed by atoms with van der Waals surface area (Å²) in [5, 5.41) is 2.06. The zero-order chi connectivity index (χ0) is 26.9.